The summed E-state index contributed by atoms with van der Waals surface area (Å²) in [5.41, 5.74) is -0.0781. The summed E-state index contributed by atoms with van der Waals surface area (Å²) in [6.07, 6.45) is 5.90. The van der Waals surface area contributed by atoms with Crippen LogP contribution in [0.5, 0.6) is 0 Å². The van der Waals surface area contributed by atoms with Gasteiger partial charge in [-0.25, -0.2) is 4.90 Å². The van der Waals surface area contributed by atoms with Gasteiger partial charge in [0.25, 0.3) is 5.69 Å². The van der Waals surface area contributed by atoms with E-state index < -0.39 is 4.92 Å². The fraction of sp³-hybridized carbons (Fsp3) is 0.375. The number of allylic oxidation sites excluding steroid dienone is 2. The van der Waals surface area contributed by atoms with Crippen molar-refractivity contribution < 1.29 is 14.5 Å². The molecule has 2 amide bonds. The summed E-state index contributed by atoms with van der Waals surface area (Å²) in [7, 11) is 0. The minimum Gasteiger partial charge on any atom is -0.274 e. The number of nitro benzene ring substituents is 1. The summed E-state index contributed by atoms with van der Waals surface area (Å²) >= 11 is 5.81. The Bertz CT molecular complexity index is 743. The zero-order chi connectivity index (χ0) is 16.3. The number of rotatable bonds is 2. The summed E-state index contributed by atoms with van der Waals surface area (Å²) in [4.78, 5) is 37.1. The third-order valence-electron chi connectivity index (χ3n) is 5.14. The Labute approximate surface area is 136 Å². The van der Waals surface area contributed by atoms with Crippen LogP contribution in [0.3, 0.4) is 0 Å². The van der Waals surface area contributed by atoms with Crippen molar-refractivity contribution in [3.05, 3.63) is 45.5 Å². The van der Waals surface area contributed by atoms with Gasteiger partial charge in [-0.15, -0.1) is 0 Å². The topological polar surface area (TPSA) is 80.5 Å². The number of carbonyl (C=O) groups is 2. The second-order valence-corrected chi connectivity index (χ2v) is 6.65. The molecule has 1 aromatic carbocycles. The Kier molecular flexibility index (Phi) is 3.06. The van der Waals surface area contributed by atoms with E-state index in [1.165, 1.54) is 18.2 Å². The molecule has 1 saturated heterocycles. The highest BCUT2D eigenvalue weighted by atomic mass is 35.5. The SMILES string of the molecule is O=C1[C@@H]2[C@H](C(=O)N1c1ccc(Cl)c([N+](=O)[O-])c1)[C@H]1C=C[C@H]2CC1. The quantitative estimate of drug-likeness (QED) is 0.361. The van der Waals surface area contributed by atoms with Crippen molar-refractivity contribution in [2.24, 2.45) is 23.7 Å². The van der Waals surface area contributed by atoms with Crippen molar-refractivity contribution in [3.63, 3.8) is 0 Å². The first-order valence-corrected chi connectivity index (χ1v) is 7.87. The first-order chi connectivity index (χ1) is 11.0. The van der Waals surface area contributed by atoms with E-state index in [-0.39, 0.29) is 51.9 Å². The fourth-order valence-corrected chi connectivity index (χ4v) is 4.30. The molecule has 1 saturated carbocycles. The monoisotopic (exact) mass is 332 g/mol. The van der Waals surface area contributed by atoms with Crippen LogP contribution in [0.2, 0.25) is 5.02 Å². The highest BCUT2D eigenvalue weighted by Gasteiger charge is 2.56. The summed E-state index contributed by atoms with van der Waals surface area (Å²) in [5, 5.41) is 11.0. The van der Waals surface area contributed by atoms with Crippen molar-refractivity contribution in [2.45, 2.75) is 12.8 Å². The minimum absolute atomic E-state index is 0.0167. The molecule has 2 fully saturated rings. The van der Waals surface area contributed by atoms with Crippen molar-refractivity contribution in [1.29, 1.82) is 0 Å². The molecular formula is C16H13ClN2O4. The van der Waals surface area contributed by atoms with Crippen molar-refractivity contribution >= 4 is 34.8 Å². The number of fused-ring (bicyclic) bond motifs is 1. The molecule has 1 aromatic rings. The van der Waals surface area contributed by atoms with E-state index in [2.05, 4.69) is 0 Å². The van der Waals surface area contributed by atoms with Crippen molar-refractivity contribution in [1.82, 2.24) is 0 Å². The van der Waals surface area contributed by atoms with Gasteiger partial charge in [0, 0.05) is 6.07 Å². The van der Waals surface area contributed by atoms with E-state index >= 15 is 0 Å². The van der Waals surface area contributed by atoms with Gasteiger partial charge in [0.05, 0.1) is 22.4 Å². The third kappa shape index (κ3) is 1.94. The van der Waals surface area contributed by atoms with Crippen LogP contribution in [0.25, 0.3) is 0 Å². The van der Waals surface area contributed by atoms with Gasteiger partial charge in [0.1, 0.15) is 5.02 Å². The lowest BCUT2D eigenvalue weighted by Gasteiger charge is -2.38. The van der Waals surface area contributed by atoms with Gasteiger partial charge in [-0.3, -0.25) is 19.7 Å². The van der Waals surface area contributed by atoms with Crippen molar-refractivity contribution in [3.8, 4) is 0 Å². The number of hydrogen-bond donors (Lipinski definition) is 0. The second-order valence-electron chi connectivity index (χ2n) is 6.25. The average molecular weight is 333 g/mol. The zero-order valence-corrected chi connectivity index (χ0v) is 12.8. The number of carbonyl (C=O) groups excluding carboxylic acids is 2. The Morgan fingerprint density at radius 2 is 1.65 bits per heavy atom. The Morgan fingerprint density at radius 1 is 1.09 bits per heavy atom. The van der Waals surface area contributed by atoms with Gasteiger partial charge in [-0.05, 0) is 36.8 Å². The van der Waals surface area contributed by atoms with Gasteiger partial charge in [0.15, 0.2) is 0 Å². The number of nitrogens with zero attached hydrogens (tertiary/aromatic N) is 2. The predicted molar refractivity (Wildman–Crippen MR) is 82.9 cm³/mol. The number of imide groups is 1. The van der Waals surface area contributed by atoms with Gasteiger partial charge in [0.2, 0.25) is 11.8 Å². The lowest BCUT2D eigenvalue weighted by Crippen LogP contribution is -2.38. The first-order valence-electron chi connectivity index (χ1n) is 7.49. The largest absolute Gasteiger partial charge is 0.289 e. The Balaban J connectivity index is 1.76. The molecular weight excluding hydrogens is 320 g/mol. The molecule has 23 heavy (non-hydrogen) atoms. The number of amides is 2. The molecule has 2 bridgehead atoms. The molecule has 6 nitrogen and oxygen atoms in total. The summed E-state index contributed by atoms with van der Waals surface area (Å²) < 4.78 is 0. The Morgan fingerprint density at radius 3 is 2.13 bits per heavy atom. The lowest BCUT2D eigenvalue weighted by molar-refractivity contribution is -0.384. The Hall–Kier alpha value is -2.21. The second kappa shape index (κ2) is 4.89. The lowest BCUT2D eigenvalue weighted by atomic mass is 9.63. The number of anilines is 1. The van der Waals surface area contributed by atoms with Crippen LogP contribution in [0.15, 0.2) is 30.4 Å². The highest BCUT2D eigenvalue weighted by molar-refractivity contribution is 6.33. The maximum atomic E-state index is 12.8. The number of hydrogen-bond acceptors (Lipinski definition) is 4. The standard InChI is InChI=1S/C16H13ClN2O4/c17-11-6-5-10(7-12(11)19(22)23)18-15(20)13-8-1-2-9(4-3-8)14(13)16(18)21/h1-2,5-9,13-14H,3-4H2/t8-,9-,13-,14+/m0/s1. The van der Waals surface area contributed by atoms with E-state index in [9.17, 15) is 19.7 Å². The normalized spacial score (nSPS) is 31.6. The molecule has 4 atom stereocenters. The van der Waals surface area contributed by atoms with Crippen LogP contribution in [-0.4, -0.2) is 16.7 Å². The first kappa shape index (κ1) is 14.4. The van der Waals surface area contributed by atoms with E-state index in [1.54, 1.807) is 0 Å². The number of benzene rings is 1. The molecule has 1 aliphatic heterocycles. The number of nitro groups is 1. The van der Waals surface area contributed by atoms with Crippen molar-refractivity contribution in [2.75, 3.05) is 4.90 Å². The maximum Gasteiger partial charge on any atom is 0.289 e. The average Bonchev–Trinajstić information content (AvgIpc) is 2.83. The predicted octanol–water partition coefficient (Wildman–Crippen LogP) is 2.95. The molecule has 4 aliphatic rings. The van der Waals surface area contributed by atoms with Gasteiger partial charge in [-0.2, -0.15) is 0 Å². The van der Waals surface area contributed by atoms with E-state index in [0.717, 1.165) is 17.7 Å². The van der Waals surface area contributed by atoms with Crippen LogP contribution in [0.1, 0.15) is 12.8 Å². The van der Waals surface area contributed by atoms with Gasteiger partial charge < -0.3 is 0 Å². The van der Waals surface area contributed by atoms with Crippen LogP contribution in [0.4, 0.5) is 11.4 Å². The van der Waals surface area contributed by atoms with Crippen LogP contribution >= 0.6 is 11.6 Å². The van der Waals surface area contributed by atoms with E-state index in [0.29, 0.717) is 0 Å². The molecule has 0 unspecified atom stereocenters. The van der Waals surface area contributed by atoms with Gasteiger partial charge in [-0.1, -0.05) is 23.8 Å². The zero-order valence-electron chi connectivity index (χ0n) is 12.0. The highest BCUT2D eigenvalue weighted by Crippen LogP contribution is 2.50. The summed E-state index contributed by atoms with van der Waals surface area (Å²) in [5.74, 6) is -0.990. The summed E-state index contributed by atoms with van der Waals surface area (Å²) in [6, 6.07) is 4.03. The van der Waals surface area contributed by atoms with Crippen LogP contribution < -0.4 is 4.90 Å². The van der Waals surface area contributed by atoms with E-state index in [4.69, 9.17) is 11.6 Å². The molecule has 7 heteroatoms. The maximum absolute atomic E-state index is 12.8. The molecule has 0 aromatic heterocycles. The molecule has 0 spiro atoms. The summed E-state index contributed by atoms with van der Waals surface area (Å²) in [6.45, 7) is 0. The van der Waals surface area contributed by atoms with E-state index in [1.807, 2.05) is 12.2 Å². The minimum atomic E-state index is -0.616. The smallest absolute Gasteiger partial charge is 0.274 e. The fourth-order valence-electron chi connectivity index (χ4n) is 4.11. The molecule has 5 rings (SSSR count). The van der Waals surface area contributed by atoms with Gasteiger partial charge >= 0.3 is 0 Å². The molecule has 3 aliphatic carbocycles. The molecule has 0 N–H and O–H groups in total. The molecule has 0 radical (unpaired) electrons. The van der Waals surface area contributed by atoms with Crippen LogP contribution in [-0.2, 0) is 9.59 Å². The van der Waals surface area contributed by atoms with Crippen LogP contribution in [0, 0.1) is 33.8 Å². The molecule has 118 valence electrons. The molecule has 1 heterocycles. The number of halogens is 1. The third-order valence-corrected chi connectivity index (χ3v) is 5.46.